The molecule has 1 amide bonds. The van der Waals surface area contributed by atoms with Crippen molar-refractivity contribution in [1.82, 2.24) is 20.2 Å². The van der Waals surface area contributed by atoms with Crippen LogP contribution in [-0.2, 0) is 6.61 Å². The molecule has 3 heterocycles. The molecule has 0 radical (unpaired) electrons. The van der Waals surface area contributed by atoms with Gasteiger partial charge in [0, 0.05) is 29.2 Å². The highest BCUT2D eigenvalue weighted by atomic mass is 32.1. The normalized spacial score (nSPS) is 10.5. The standard InChI is InChI=1S/C24H21N5O3S/c1-4-16-8-7-11-25-20(16)14-32-24-29-28-23(33-24)27-22(30)19-13-26-15(2)12-18(19)17-9-5-6-10-21(17)31-3/h4-13H,1,14H2,2-3H3,(H,27,28,30). The molecular formula is C24H21N5O3S. The van der Waals surface area contributed by atoms with Gasteiger partial charge in [-0.1, -0.05) is 42.0 Å². The van der Waals surface area contributed by atoms with Gasteiger partial charge in [0.05, 0.1) is 18.4 Å². The SMILES string of the molecule is C=Cc1cccnc1COc1nnc(NC(=O)c2cnc(C)cc2-c2ccccc2OC)s1. The Labute approximate surface area is 195 Å². The summed E-state index contributed by atoms with van der Waals surface area (Å²) in [5.41, 5.74) is 4.31. The Balaban J connectivity index is 1.52. The van der Waals surface area contributed by atoms with Gasteiger partial charge in [-0.2, -0.15) is 0 Å². The average molecular weight is 460 g/mol. The lowest BCUT2D eigenvalue weighted by Crippen LogP contribution is -2.14. The summed E-state index contributed by atoms with van der Waals surface area (Å²) in [5.74, 6) is 0.307. The van der Waals surface area contributed by atoms with Gasteiger partial charge in [0.15, 0.2) is 0 Å². The number of amides is 1. The molecule has 33 heavy (non-hydrogen) atoms. The third-order valence-corrected chi connectivity index (χ3v) is 5.54. The summed E-state index contributed by atoms with van der Waals surface area (Å²) in [6, 6.07) is 13.1. The van der Waals surface area contributed by atoms with E-state index in [1.54, 1.807) is 25.6 Å². The Bertz CT molecular complexity index is 1300. The first-order valence-corrected chi connectivity index (χ1v) is 10.8. The Kier molecular flexibility index (Phi) is 6.70. The first-order valence-electron chi connectivity index (χ1n) is 10.0. The van der Waals surface area contributed by atoms with Crippen LogP contribution >= 0.6 is 11.3 Å². The molecule has 0 saturated heterocycles. The molecule has 4 aromatic rings. The summed E-state index contributed by atoms with van der Waals surface area (Å²) in [7, 11) is 1.60. The summed E-state index contributed by atoms with van der Waals surface area (Å²) in [6.07, 6.45) is 4.95. The molecule has 0 aliphatic rings. The van der Waals surface area contributed by atoms with Crippen LogP contribution in [-0.4, -0.2) is 33.2 Å². The number of para-hydroxylation sites is 1. The van der Waals surface area contributed by atoms with Crippen molar-refractivity contribution in [2.45, 2.75) is 13.5 Å². The molecule has 0 spiro atoms. The van der Waals surface area contributed by atoms with Crippen molar-refractivity contribution in [1.29, 1.82) is 0 Å². The molecule has 0 aliphatic carbocycles. The number of ether oxygens (including phenoxy) is 2. The number of hydrogen-bond acceptors (Lipinski definition) is 8. The van der Waals surface area contributed by atoms with Crippen molar-refractivity contribution < 1.29 is 14.3 Å². The number of hydrogen-bond donors (Lipinski definition) is 1. The minimum absolute atomic E-state index is 0.213. The molecule has 1 aromatic carbocycles. The predicted molar refractivity (Wildman–Crippen MR) is 127 cm³/mol. The van der Waals surface area contributed by atoms with Gasteiger partial charge in [-0.3, -0.25) is 20.1 Å². The molecule has 4 rings (SSSR count). The molecule has 0 bridgehead atoms. The van der Waals surface area contributed by atoms with E-state index in [1.165, 1.54) is 0 Å². The van der Waals surface area contributed by atoms with E-state index in [9.17, 15) is 4.79 Å². The Morgan fingerprint density at radius 1 is 1.15 bits per heavy atom. The average Bonchev–Trinajstić information content (AvgIpc) is 3.29. The third-order valence-electron chi connectivity index (χ3n) is 4.79. The minimum Gasteiger partial charge on any atom is -0.496 e. The predicted octanol–water partition coefficient (Wildman–Crippen LogP) is 4.79. The fourth-order valence-electron chi connectivity index (χ4n) is 3.20. The van der Waals surface area contributed by atoms with E-state index in [0.29, 0.717) is 27.2 Å². The summed E-state index contributed by atoms with van der Waals surface area (Å²) in [5, 5.41) is 11.4. The minimum atomic E-state index is -0.357. The Morgan fingerprint density at radius 3 is 2.82 bits per heavy atom. The molecule has 0 saturated carbocycles. The van der Waals surface area contributed by atoms with Crippen molar-refractivity contribution >= 4 is 28.5 Å². The van der Waals surface area contributed by atoms with Crippen molar-refractivity contribution in [3.8, 4) is 22.1 Å². The van der Waals surface area contributed by atoms with E-state index >= 15 is 0 Å². The summed E-state index contributed by atoms with van der Waals surface area (Å²) in [4.78, 5) is 21.7. The molecule has 0 unspecified atom stereocenters. The fraction of sp³-hybridized carbons (Fsp3) is 0.125. The van der Waals surface area contributed by atoms with Gasteiger partial charge in [0.1, 0.15) is 12.4 Å². The van der Waals surface area contributed by atoms with Crippen molar-refractivity contribution in [3.63, 3.8) is 0 Å². The monoisotopic (exact) mass is 459 g/mol. The highest BCUT2D eigenvalue weighted by Crippen LogP contribution is 2.33. The Hall–Kier alpha value is -4.11. The molecule has 0 atom stereocenters. The third kappa shape index (κ3) is 5.04. The highest BCUT2D eigenvalue weighted by Gasteiger charge is 2.18. The zero-order valence-corrected chi connectivity index (χ0v) is 18.9. The maximum absolute atomic E-state index is 13.1. The first-order chi connectivity index (χ1) is 16.1. The van der Waals surface area contributed by atoms with E-state index < -0.39 is 0 Å². The number of nitrogens with one attached hydrogen (secondary N) is 1. The first kappa shape index (κ1) is 22.1. The number of aromatic nitrogens is 4. The zero-order valence-electron chi connectivity index (χ0n) is 18.1. The largest absolute Gasteiger partial charge is 0.496 e. The number of anilines is 1. The second-order valence-electron chi connectivity index (χ2n) is 6.93. The van der Waals surface area contributed by atoms with E-state index in [2.05, 4.69) is 32.1 Å². The molecule has 1 N–H and O–H groups in total. The number of benzene rings is 1. The second kappa shape index (κ2) is 10.0. The number of pyridine rings is 2. The van der Waals surface area contributed by atoms with E-state index in [0.717, 1.165) is 33.9 Å². The maximum Gasteiger partial charge on any atom is 0.296 e. The van der Waals surface area contributed by atoms with Gasteiger partial charge < -0.3 is 9.47 Å². The van der Waals surface area contributed by atoms with Crippen LogP contribution < -0.4 is 14.8 Å². The van der Waals surface area contributed by atoms with Crippen molar-refractivity contribution in [2.75, 3.05) is 12.4 Å². The molecule has 166 valence electrons. The summed E-state index contributed by atoms with van der Waals surface area (Å²) in [6.45, 7) is 5.86. The van der Waals surface area contributed by atoms with Crippen LogP contribution in [0.5, 0.6) is 10.9 Å². The van der Waals surface area contributed by atoms with Gasteiger partial charge >= 0.3 is 0 Å². The number of carbonyl (C=O) groups is 1. The maximum atomic E-state index is 13.1. The van der Waals surface area contributed by atoms with Gasteiger partial charge in [-0.15, -0.1) is 5.10 Å². The zero-order chi connectivity index (χ0) is 23.2. The molecule has 0 fully saturated rings. The van der Waals surface area contributed by atoms with Crippen LogP contribution in [0.2, 0.25) is 0 Å². The van der Waals surface area contributed by atoms with Gasteiger partial charge in [0.2, 0.25) is 5.13 Å². The van der Waals surface area contributed by atoms with Crippen LogP contribution in [0.15, 0.2) is 61.4 Å². The van der Waals surface area contributed by atoms with Crippen LogP contribution in [0, 0.1) is 6.92 Å². The number of rotatable bonds is 8. The summed E-state index contributed by atoms with van der Waals surface area (Å²) >= 11 is 1.13. The van der Waals surface area contributed by atoms with Crippen LogP contribution in [0.1, 0.15) is 27.3 Å². The lowest BCUT2D eigenvalue weighted by molar-refractivity contribution is 0.102. The van der Waals surface area contributed by atoms with Gasteiger partial charge in [0.25, 0.3) is 11.1 Å². The number of carbonyl (C=O) groups excluding carboxylic acids is 1. The lowest BCUT2D eigenvalue weighted by atomic mass is 9.99. The van der Waals surface area contributed by atoms with Crippen molar-refractivity contribution in [3.05, 3.63) is 84.0 Å². The van der Waals surface area contributed by atoms with E-state index in [4.69, 9.17) is 9.47 Å². The second-order valence-corrected chi connectivity index (χ2v) is 7.87. The highest BCUT2D eigenvalue weighted by molar-refractivity contribution is 7.17. The quantitative estimate of drug-likeness (QED) is 0.404. The molecule has 3 aromatic heterocycles. The number of methoxy groups -OCH3 is 1. The number of aryl methyl sites for hydroxylation is 1. The van der Waals surface area contributed by atoms with Crippen molar-refractivity contribution in [2.24, 2.45) is 0 Å². The molecule has 9 heteroatoms. The molecular weight excluding hydrogens is 438 g/mol. The Morgan fingerprint density at radius 2 is 2.00 bits per heavy atom. The summed E-state index contributed by atoms with van der Waals surface area (Å²) < 4.78 is 11.2. The topological polar surface area (TPSA) is 99.1 Å². The van der Waals surface area contributed by atoms with Crippen LogP contribution in [0.4, 0.5) is 5.13 Å². The molecule has 8 nitrogen and oxygen atoms in total. The van der Waals surface area contributed by atoms with E-state index in [-0.39, 0.29) is 12.5 Å². The number of nitrogens with zero attached hydrogens (tertiary/aromatic N) is 4. The smallest absolute Gasteiger partial charge is 0.296 e. The fourth-order valence-corrected chi connectivity index (χ4v) is 3.79. The van der Waals surface area contributed by atoms with Gasteiger partial charge in [-0.25, -0.2) is 0 Å². The van der Waals surface area contributed by atoms with Crippen LogP contribution in [0.3, 0.4) is 0 Å². The lowest BCUT2D eigenvalue weighted by Gasteiger charge is -2.13. The van der Waals surface area contributed by atoms with Crippen LogP contribution in [0.25, 0.3) is 17.2 Å². The molecule has 0 aliphatic heterocycles. The van der Waals surface area contributed by atoms with Gasteiger partial charge in [-0.05, 0) is 42.0 Å². The van der Waals surface area contributed by atoms with E-state index in [1.807, 2.05) is 49.4 Å².